The van der Waals surface area contributed by atoms with Gasteiger partial charge in [0.15, 0.2) is 0 Å². The summed E-state index contributed by atoms with van der Waals surface area (Å²) in [5.41, 5.74) is 1.79. The third-order valence-electron chi connectivity index (χ3n) is 4.45. The lowest BCUT2D eigenvalue weighted by atomic mass is 10.2. The number of amides is 1. The molecular weight excluding hydrogens is 369 g/mol. The first-order valence-corrected chi connectivity index (χ1v) is 10.1. The zero-order chi connectivity index (χ0) is 19.4. The zero-order valence-corrected chi connectivity index (χ0v) is 15.9. The van der Waals surface area contributed by atoms with Gasteiger partial charge in [0, 0.05) is 31.9 Å². The number of halogens is 1. The smallest absolute Gasteiger partial charge is 0.246 e. The van der Waals surface area contributed by atoms with Gasteiger partial charge >= 0.3 is 0 Å². The van der Waals surface area contributed by atoms with Crippen LogP contribution in [0.2, 0.25) is 0 Å². The summed E-state index contributed by atoms with van der Waals surface area (Å²) in [6, 6.07) is 12.9. The number of rotatable bonds is 5. The second kappa shape index (κ2) is 8.16. The first-order valence-electron chi connectivity index (χ1n) is 8.70. The highest BCUT2D eigenvalue weighted by atomic mass is 32.2. The van der Waals surface area contributed by atoms with Crippen molar-refractivity contribution in [1.82, 2.24) is 9.21 Å². The van der Waals surface area contributed by atoms with E-state index in [4.69, 9.17) is 0 Å². The van der Waals surface area contributed by atoms with E-state index in [-0.39, 0.29) is 30.4 Å². The molecule has 0 atom stereocenters. The van der Waals surface area contributed by atoms with Gasteiger partial charge in [0.05, 0.1) is 6.54 Å². The summed E-state index contributed by atoms with van der Waals surface area (Å²) >= 11 is 0. The maximum absolute atomic E-state index is 13.9. The third-order valence-corrected chi connectivity index (χ3v) is 6.39. The summed E-state index contributed by atoms with van der Waals surface area (Å²) in [7, 11) is -3.87. The van der Waals surface area contributed by atoms with Crippen LogP contribution in [0.1, 0.15) is 5.56 Å². The van der Waals surface area contributed by atoms with Crippen LogP contribution in [0.4, 0.5) is 10.1 Å². The molecule has 1 saturated heterocycles. The molecule has 1 heterocycles. The Morgan fingerprint density at radius 3 is 2.44 bits per heavy atom. The molecule has 8 heteroatoms. The maximum atomic E-state index is 13.9. The number of sulfonamides is 1. The topological polar surface area (TPSA) is 69.7 Å². The van der Waals surface area contributed by atoms with Crippen LogP contribution in [0.5, 0.6) is 0 Å². The van der Waals surface area contributed by atoms with Gasteiger partial charge in [-0.1, -0.05) is 24.3 Å². The maximum Gasteiger partial charge on any atom is 0.246 e. The van der Waals surface area contributed by atoms with Gasteiger partial charge < -0.3 is 5.32 Å². The molecule has 1 aliphatic heterocycles. The Hall–Kier alpha value is -2.29. The SMILES string of the molecule is Cc1cccc(NC(=O)CN2CCN(S(=O)(=O)c3ccccc3F)CC2)c1. The molecule has 2 aromatic rings. The molecule has 6 nitrogen and oxygen atoms in total. The Bertz CT molecular complexity index is 925. The number of aryl methyl sites for hydroxylation is 1. The minimum atomic E-state index is -3.87. The highest BCUT2D eigenvalue weighted by Gasteiger charge is 2.30. The van der Waals surface area contributed by atoms with Crippen LogP contribution >= 0.6 is 0 Å². The first kappa shape index (κ1) is 19.5. The summed E-state index contributed by atoms with van der Waals surface area (Å²) in [6.45, 7) is 3.39. The molecule has 2 aromatic carbocycles. The van der Waals surface area contributed by atoms with E-state index < -0.39 is 15.8 Å². The van der Waals surface area contributed by atoms with Crippen molar-refractivity contribution in [3.05, 3.63) is 59.9 Å². The third kappa shape index (κ3) is 4.71. The fourth-order valence-electron chi connectivity index (χ4n) is 3.05. The molecule has 1 aliphatic rings. The molecule has 0 bridgehead atoms. The van der Waals surface area contributed by atoms with Crippen molar-refractivity contribution in [3.8, 4) is 0 Å². The lowest BCUT2D eigenvalue weighted by Gasteiger charge is -2.33. The Labute approximate surface area is 158 Å². The fraction of sp³-hybridized carbons (Fsp3) is 0.316. The van der Waals surface area contributed by atoms with Gasteiger partial charge in [-0.05, 0) is 36.8 Å². The quantitative estimate of drug-likeness (QED) is 0.847. The minimum absolute atomic E-state index is 0.147. The largest absolute Gasteiger partial charge is 0.325 e. The van der Waals surface area contributed by atoms with E-state index in [9.17, 15) is 17.6 Å². The van der Waals surface area contributed by atoms with Gasteiger partial charge in [0.1, 0.15) is 10.7 Å². The van der Waals surface area contributed by atoms with Crippen LogP contribution in [0, 0.1) is 12.7 Å². The average Bonchev–Trinajstić information content (AvgIpc) is 2.62. The predicted octanol–water partition coefficient (Wildman–Crippen LogP) is 2.08. The van der Waals surface area contributed by atoms with E-state index in [1.54, 1.807) is 0 Å². The Morgan fingerprint density at radius 1 is 1.07 bits per heavy atom. The number of carbonyl (C=O) groups is 1. The number of hydrogen-bond donors (Lipinski definition) is 1. The fourth-order valence-corrected chi connectivity index (χ4v) is 4.53. The van der Waals surface area contributed by atoms with Gasteiger partial charge in [0.25, 0.3) is 0 Å². The molecule has 0 unspecified atom stereocenters. The molecule has 1 N–H and O–H groups in total. The molecule has 3 rings (SSSR count). The number of carbonyl (C=O) groups excluding carboxylic acids is 1. The first-order chi connectivity index (χ1) is 12.9. The second-order valence-electron chi connectivity index (χ2n) is 6.53. The average molecular weight is 391 g/mol. The van der Waals surface area contributed by atoms with E-state index in [0.717, 1.165) is 17.3 Å². The lowest BCUT2D eigenvalue weighted by Crippen LogP contribution is -2.50. The van der Waals surface area contributed by atoms with Crippen LogP contribution in [-0.2, 0) is 14.8 Å². The van der Waals surface area contributed by atoms with Crippen molar-refractivity contribution >= 4 is 21.6 Å². The number of anilines is 1. The normalized spacial score (nSPS) is 16.2. The van der Waals surface area contributed by atoms with Crippen molar-refractivity contribution in [2.24, 2.45) is 0 Å². The van der Waals surface area contributed by atoms with Crippen LogP contribution in [0.15, 0.2) is 53.4 Å². The predicted molar refractivity (Wildman–Crippen MR) is 101 cm³/mol. The second-order valence-corrected chi connectivity index (χ2v) is 8.43. The van der Waals surface area contributed by atoms with Crippen molar-refractivity contribution in [3.63, 3.8) is 0 Å². The van der Waals surface area contributed by atoms with Gasteiger partial charge in [0.2, 0.25) is 15.9 Å². The van der Waals surface area contributed by atoms with Crippen molar-refractivity contribution < 1.29 is 17.6 Å². The molecular formula is C19H22FN3O3S. The Balaban J connectivity index is 1.56. The summed E-state index contributed by atoms with van der Waals surface area (Å²) in [5.74, 6) is -0.900. The molecule has 1 amide bonds. The van der Waals surface area contributed by atoms with Crippen LogP contribution < -0.4 is 5.32 Å². The van der Waals surface area contributed by atoms with Gasteiger partial charge in [-0.2, -0.15) is 4.31 Å². The summed E-state index contributed by atoms with van der Waals surface area (Å²) in [5, 5.41) is 2.84. The Morgan fingerprint density at radius 2 is 1.78 bits per heavy atom. The van der Waals surface area contributed by atoms with Crippen LogP contribution in [0.25, 0.3) is 0 Å². The van der Waals surface area contributed by atoms with Crippen LogP contribution in [-0.4, -0.2) is 56.3 Å². The molecule has 0 spiro atoms. The number of benzene rings is 2. The van der Waals surface area contributed by atoms with Crippen LogP contribution in [0.3, 0.4) is 0 Å². The Kier molecular flexibility index (Phi) is 5.88. The van der Waals surface area contributed by atoms with Crippen molar-refractivity contribution in [1.29, 1.82) is 0 Å². The monoisotopic (exact) mass is 391 g/mol. The van der Waals surface area contributed by atoms with Gasteiger partial charge in [-0.25, -0.2) is 12.8 Å². The molecule has 0 aliphatic carbocycles. The molecule has 27 heavy (non-hydrogen) atoms. The van der Waals surface area contributed by atoms with E-state index in [0.29, 0.717) is 13.1 Å². The van der Waals surface area contributed by atoms with E-state index in [1.165, 1.54) is 22.5 Å². The molecule has 0 aromatic heterocycles. The minimum Gasteiger partial charge on any atom is -0.325 e. The standard InChI is InChI=1S/C19H22FN3O3S/c1-15-5-4-6-16(13-15)21-19(24)14-22-9-11-23(12-10-22)27(25,26)18-8-3-2-7-17(18)20/h2-8,13H,9-12,14H2,1H3,(H,21,24). The van der Waals surface area contributed by atoms with Gasteiger partial charge in [-0.15, -0.1) is 0 Å². The molecule has 1 fully saturated rings. The van der Waals surface area contributed by atoms with Gasteiger partial charge in [-0.3, -0.25) is 9.69 Å². The zero-order valence-electron chi connectivity index (χ0n) is 15.1. The highest BCUT2D eigenvalue weighted by Crippen LogP contribution is 2.20. The van der Waals surface area contributed by atoms with Crippen molar-refractivity contribution in [2.45, 2.75) is 11.8 Å². The number of nitrogens with one attached hydrogen (secondary N) is 1. The summed E-state index contributed by atoms with van der Waals surface area (Å²) in [6.07, 6.45) is 0. The summed E-state index contributed by atoms with van der Waals surface area (Å²) in [4.78, 5) is 13.8. The molecule has 0 saturated carbocycles. The van der Waals surface area contributed by atoms with E-state index in [1.807, 2.05) is 36.1 Å². The highest BCUT2D eigenvalue weighted by molar-refractivity contribution is 7.89. The number of hydrogen-bond acceptors (Lipinski definition) is 4. The summed E-state index contributed by atoms with van der Waals surface area (Å²) < 4.78 is 40.3. The molecule has 0 radical (unpaired) electrons. The lowest BCUT2D eigenvalue weighted by molar-refractivity contribution is -0.117. The van der Waals surface area contributed by atoms with Crippen molar-refractivity contribution in [2.75, 3.05) is 38.0 Å². The van der Waals surface area contributed by atoms with E-state index in [2.05, 4.69) is 5.32 Å². The number of nitrogens with zero attached hydrogens (tertiary/aromatic N) is 2. The number of piperazine rings is 1. The van der Waals surface area contributed by atoms with E-state index >= 15 is 0 Å². The molecule has 144 valence electrons.